The lowest BCUT2D eigenvalue weighted by molar-refractivity contribution is -0.0588. The van der Waals surface area contributed by atoms with E-state index < -0.39 is 12.2 Å². The van der Waals surface area contributed by atoms with Crippen LogP contribution in [0.1, 0.15) is 60.6 Å². The SMILES string of the molecule is CCOc1ccc([C@H](O)CN2CCC3(CC2)C[C@H](O)c2cc(C)c(C)cc2O3)cc1. The van der Waals surface area contributed by atoms with Crippen LogP contribution in [0.2, 0.25) is 0 Å². The zero-order valence-corrected chi connectivity index (χ0v) is 18.2. The molecular formula is C25H33NO4. The number of nitrogens with zero attached hydrogens (tertiary/aromatic N) is 1. The van der Waals surface area contributed by atoms with Crippen molar-refractivity contribution in [2.45, 2.75) is 57.8 Å². The molecule has 0 unspecified atom stereocenters. The van der Waals surface area contributed by atoms with Crippen molar-refractivity contribution in [2.75, 3.05) is 26.2 Å². The van der Waals surface area contributed by atoms with Crippen molar-refractivity contribution in [3.05, 3.63) is 58.7 Å². The van der Waals surface area contributed by atoms with E-state index in [0.29, 0.717) is 19.6 Å². The number of benzene rings is 2. The maximum absolute atomic E-state index is 10.8. The number of ether oxygens (including phenoxy) is 2. The first-order chi connectivity index (χ1) is 14.4. The Hall–Kier alpha value is -2.08. The third kappa shape index (κ3) is 4.34. The van der Waals surface area contributed by atoms with Crippen LogP contribution < -0.4 is 9.47 Å². The van der Waals surface area contributed by atoms with Gasteiger partial charge in [-0.2, -0.15) is 0 Å². The van der Waals surface area contributed by atoms with Crippen LogP contribution in [0.5, 0.6) is 11.5 Å². The molecule has 0 bridgehead atoms. The topological polar surface area (TPSA) is 62.2 Å². The van der Waals surface area contributed by atoms with Crippen LogP contribution in [0.4, 0.5) is 0 Å². The van der Waals surface area contributed by atoms with Crippen LogP contribution in [-0.4, -0.2) is 47.0 Å². The zero-order valence-electron chi connectivity index (χ0n) is 18.2. The predicted octanol–water partition coefficient (Wildman–Crippen LogP) is 4.09. The summed E-state index contributed by atoms with van der Waals surface area (Å²) in [7, 11) is 0. The van der Waals surface area contributed by atoms with Crippen LogP contribution >= 0.6 is 0 Å². The molecule has 2 aliphatic rings. The number of aliphatic hydroxyl groups excluding tert-OH is 2. The van der Waals surface area contributed by atoms with E-state index in [1.165, 1.54) is 11.1 Å². The number of piperidine rings is 1. The Morgan fingerprint density at radius 3 is 2.47 bits per heavy atom. The lowest BCUT2D eigenvalue weighted by Crippen LogP contribution is -2.51. The molecule has 1 spiro atoms. The molecule has 0 radical (unpaired) electrons. The van der Waals surface area contributed by atoms with E-state index in [4.69, 9.17) is 9.47 Å². The second-order valence-corrected chi connectivity index (χ2v) is 8.80. The Labute approximate surface area is 179 Å². The summed E-state index contributed by atoms with van der Waals surface area (Å²) >= 11 is 0. The molecule has 2 heterocycles. The van der Waals surface area contributed by atoms with Gasteiger partial charge in [0.1, 0.15) is 17.1 Å². The minimum atomic E-state index is -0.529. The van der Waals surface area contributed by atoms with Gasteiger partial charge in [-0.05, 0) is 74.6 Å². The third-order valence-electron chi connectivity index (χ3n) is 6.65. The van der Waals surface area contributed by atoms with E-state index in [2.05, 4.69) is 30.9 Å². The van der Waals surface area contributed by atoms with E-state index in [-0.39, 0.29) is 5.60 Å². The molecule has 4 rings (SSSR count). The molecule has 2 aromatic rings. The molecule has 5 heteroatoms. The van der Waals surface area contributed by atoms with Crippen molar-refractivity contribution in [2.24, 2.45) is 0 Å². The molecule has 0 amide bonds. The highest BCUT2D eigenvalue weighted by Crippen LogP contribution is 2.45. The summed E-state index contributed by atoms with van der Waals surface area (Å²) in [5, 5.41) is 21.4. The number of fused-ring (bicyclic) bond motifs is 1. The maximum Gasteiger partial charge on any atom is 0.126 e. The Kier molecular flexibility index (Phi) is 6.05. The summed E-state index contributed by atoms with van der Waals surface area (Å²) in [6.45, 7) is 9.04. The molecule has 0 aromatic heterocycles. The van der Waals surface area contributed by atoms with E-state index in [9.17, 15) is 10.2 Å². The first kappa shape index (κ1) is 21.2. The number of likely N-dealkylation sites (tertiary alicyclic amines) is 1. The van der Waals surface area contributed by atoms with Gasteiger partial charge >= 0.3 is 0 Å². The van der Waals surface area contributed by atoms with Crippen molar-refractivity contribution in [3.63, 3.8) is 0 Å². The molecular weight excluding hydrogens is 378 g/mol. The summed E-state index contributed by atoms with van der Waals surface area (Å²) in [6.07, 6.45) is 1.34. The second kappa shape index (κ2) is 8.58. The first-order valence-corrected chi connectivity index (χ1v) is 11.0. The average Bonchev–Trinajstić information content (AvgIpc) is 2.72. The van der Waals surface area contributed by atoms with Gasteiger partial charge in [-0.15, -0.1) is 0 Å². The number of aliphatic hydroxyl groups is 2. The quantitative estimate of drug-likeness (QED) is 0.776. The second-order valence-electron chi connectivity index (χ2n) is 8.80. The maximum atomic E-state index is 10.8. The predicted molar refractivity (Wildman–Crippen MR) is 117 cm³/mol. The van der Waals surface area contributed by atoms with Gasteiger partial charge in [0.2, 0.25) is 0 Å². The Morgan fingerprint density at radius 2 is 1.80 bits per heavy atom. The number of aryl methyl sites for hydroxylation is 2. The van der Waals surface area contributed by atoms with Gasteiger partial charge in [0.05, 0.1) is 18.8 Å². The summed E-state index contributed by atoms with van der Waals surface area (Å²) in [6, 6.07) is 11.8. The highest BCUT2D eigenvalue weighted by molar-refractivity contribution is 5.45. The Bertz CT molecular complexity index is 871. The molecule has 2 aliphatic heterocycles. The molecule has 2 N–H and O–H groups in total. The molecule has 2 atom stereocenters. The standard InChI is InChI=1S/C25H33NO4/c1-4-29-20-7-5-19(6-8-20)23(28)16-26-11-9-25(10-12-26)15-22(27)21-13-17(2)18(3)14-24(21)30-25/h5-8,13-14,22-23,27-28H,4,9-12,15-16H2,1-3H3/t22-,23+/m0/s1. The highest BCUT2D eigenvalue weighted by Gasteiger charge is 2.43. The van der Waals surface area contributed by atoms with Crippen LogP contribution in [0, 0.1) is 13.8 Å². The summed E-state index contributed by atoms with van der Waals surface area (Å²) in [5.74, 6) is 1.66. The van der Waals surface area contributed by atoms with Gasteiger partial charge in [-0.25, -0.2) is 0 Å². The molecule has 162 valence electrons. The van der Waals surface area contributed by atoms with Gasteiger partial charge in [0.15, 0.2) is 0 Å². The van der Waals surface area contributed by atoms with E-state index in [0.717, 1.165) is 48.6 Å². The van der Waals surface area contributed by atoms with Crippen molar-refractivity contribution in [1.82, 2.24) is 4.90 Å². The minimum Gasteiger partial charge on any atom is -0.494 e. The Morgan fingerprint density at radius 1 is 1.13 bits per heavy atom. The van der Waals surface area contributed by atoms with Crippen LogP contribution in [0.25, 0.3) is 0 Å². The fraction of sp³-hybridized carbons (Fsp3) is 0.520. The van der Waals surface area contributed by atoms with Crippen molar-refractivity contribution >= 4 is 0 Å². The average molecular weight is 412 g/mol. The lowest BCUT2D eigenvalue weighted by atomic mass is 9.81. The van der Waals surface area contributed by atoms with E-state index >= 15 is 0 Å². The van der Waals surface area contributed by atoms with Crippen LogP contribution in [-0.2, 0) is 0 Å². The molecule has 30 heavy (non-hydrogen) atoms. The van der Waals surface area contributed by atoms with E-state index in [1.807, 2.05) is 31.2 Å². The highest BCUT2D eigenvalue weighted by atomic mass is 16.5. The van der Waals surface area contributed by atoms with Gasteiger partial charge in [0.25, 0.3) is 0 Å². The number of rotatable bonds is 5. The molecule has 2 aromatic carbocycles. The fourth-order valence-corrected chi connectivity index (χ4v) is 4.65. The summed E-state index contributed by atoms with van der Waals surface area (Å²) in [5.41, 5.74) is 3.88. The van der Waals surface area contributed by atoms with Gasteiger partial charge in [0, 0.05) is 31.6 Å². The molecule has 0 aliphatic carbocycles. The fourth-order valence-electron chi connectivity index (χ4n) is 4.65. The molecule has 0 saturated carbocycles. The lowest BCUT2D eigenvalue weighted by Gasteiger charge is -2.46. The van der Waals surface area contributed by atoms with Crippen molar-refractivity contribution in [1.29, 1.82) is 0 Å². The number of β-amino-alcohol motifs (C(OH)–C–C–N with tert-alkyl or cyclic N) is 1. The first-order valence-electron chi connectivity index (χ1n) is 11.0. The van der Waals surface area contributed by atoms with Crippen LogP contribution in [0.3, 0.4) is 0 Å². The smallest absolute Gasteiger partial charge is 0.126 e. The van der Waals surface area contributed by atoms with Gasteiger partial charge < -0.3 is 24.6 Å². The zero-order chi connectivity index (χ0) is 21.3. The van der Waals surface area contributed by atoms with Gasteiger partial charge in [-0.1, -0.05) is 12.1 Å². The van der Waals surface area contributed by atoms with Crippen molar-refractivity contribution < 1.29 is 19.7 Å². The van der Waals surface area contributed by atoms with Crippen molar-refractivity contribution in [3.8, 4) is 11.5 Å². The number of hydrogen-bond donors (Lipinski definition) is 2. The van der Waals surface area contributed by atoms with Gasteiger partial charge in [-0.3, -0.25) is 0 Å². The van der Waals surface area contributed by atoms with E-state index in [1.54, 1.807) is 0 Å². The minimum absolute atomic E-state index is 0.311. The normalized spacial score (nSPS) is 21.7. The molecule has 1 fully saturated rings. The summed E-state index contributed by atoms with van der Waals surface area (Å²) < 4.78 is 12.0. The summed E-state index contributed by atoms with van der Waals surface area (Å²) in [4.78, 5) is 2.29. The molecule has 1 saturated heterocycles. The molecule has 5 nitrogen and oxygen atoms in total. The number of hydrogen-bond acceptors (Lipinski definition) is 5. The van der Waals surface area contributed by atoms with Crippen LogP contribution in [0.15, 0.2) is 36.4 Å². The Balaban J connectivity index is 1.37. The largest absolute Gasteiger partial charge is 0.494 e. The monoisotopic (exact) mass is 411 g/mol. The third-order valence-corrected chi connectivity index (χ3v) is 6.65.